The van der Waals surface area contributed by atoms with Crippen LogP contribution in [0.1, 0.15) is 16.7 Å². The van der Waals surface area contributed by atoms with E-state index in [0.717, 1.165) is 0 Å². The third-order valence-corrected chi connectivity index (χ3v) is 4.25. The predicted octanol–water partition coefficient (Wildman–Crippen LogP) is 4.70. The van der Waals surface area contributed by atoms with Gasteiger partial charge in [0.25, 0.3) is 5.56 Å². The van der Waals surface area contributed by atoms with Crippen LogP contribution in [0.5, 0.6) is 0 Å². The zero-order valence-corrected chi connectivity index (χ0v) is 15.8. The monoisotopic (exact) mass is 453 g/mol. The number of nitrogens with one attached hydrogen (secondary N) is 2. The van der Waals surface area contributed by atoms with E-state index >= 15 is 0 Å². The van der Waals surface area contributed by atoms with Crippen molar-refractivity contribution < 1.29 is 22.0 Å². The van der Waals surface area contributed by atoms with E-state index in [2.05, 4.69) is 20.5 Å². The molecule has 0 bridgehead atoms. The number of halogens is 6. The van der Waals surface area contributed by atoms with Gasteiger partial charge in [-0.25, -0.2) is 19.2 Å². The van der Waals surface area contributed by atoms with Gasteiger partial charge in [-0.15, -0.1) is 0 Å². The minimum absolute atomic E-state index is 0.0364. The van der Waals surface area contributed by atoms with Crippen molar-refractivity contribution in [1.29, 1.82) is 5.26 Å². The van der Waals surface area contributed by atoms with E-state index in [0.29, 0.717) is 11.8 Å². The van der Waals surface area contributed by atoms with Crippen molar-refractivity contribution in [2.75, 3.05) is 5.43 Å². The highest BCUT2D eigenvalue weighted by Crippen LogP contribution is 2.35. The molecule has 3 aromatic rings. The topological polar surface area (TPSA) is 93.9 Å². The Morgan fingerprint density at radius 1 is 1.19 bits per heavy atom. The zero-order valence-electron chi connectivity index (χ0n) is 15.1. The lowest BCUT2D eigenvalue weighted by Crippen LogP contribution is -2.16. The first-order chi connectivity index (χ1) is 14.6. The molecule has 0 aliphatic rings. The number of alkyl halides is 3. The smallest absolute Gasteiger partial charge is 0.290 e. The number of rotatable bonds is 4. The lowest BCUT2D eigenvalue weighted by atomic mass is 10.1. The van der Waals surface area contributed by atoms with Crippen molar-refractivity contribution in [3.63, 3.8) is 0 Å². The second-order valence-corrected chi connectivity index (χ2v) is 6.34. The second-order valence-electron chi connectivity index (χ2n) is 5.93. The predicted molar refractivity (Wildman–Crippen MR) is 103 cm³/mol. The zero-order chi connectivity index (χ0) is 22.8. The average molecular weight is 454 g/mol. The number of nitrogens with zero attached hydrogens (tertiary/aromatic N) is 3. The molecule has 6 nitrogen and oxygen atoms in total. The molecule has 2 N–H and O–H groups in total. The number of benzene rings is 2. The normalized spacial score (nSPS) is 11.5. The molecule has 0 amide bonds. The Bertz CT molecular complexity index is 1270. The van der Waals surface area contributed by atoms with Gasteiger partial charge in [0.1, 0.15) is 11.6 Å². The SMILES string of the molecule is N#Cc1c(-c2ccccc2)nc(NN=Cc2c(Cl)cc(C(F)(F)F)c(F)c2F)[nH]c1=O. The third kappa shape index (κ3) is 4.54. The summed E-state index contributed by atoms with van der Waals surface area (Å²) in [7, 11) is 0. The third-order valence-electron chi connectivity index (χ3n) is 3.94. The number of H-pyrrole nitrogens is 1. The van der Waals surface area contributed by atoms with Crippen LogP contribution in [-0.4, -0.2) is 16.2 Å². The summed E-state index contributed by atoms with van der Waals surface area (Å²) in [6.45, 7) is 0. The molecule has 0 spiro atoms. The van der Waals surface area contributed by atoms with Gasteiger partial charge >= 0.3 is 6.18 Å². The fraction of sp³-hybridized carbons (Fsp3) is 0.0526. The number of hydrogen-bond donors (Lipinski definition) is 2. The molecule has 0 atom stereocenters. The molecule has 2 aromatic carbocycles. The molecular formula is C19H9ClF5N5O. The van der Waals surface area contributed by atoms with Gasteiger partial charge in [-0.1, -0.05) is 41.9 Å². The number of hydrogen-bond acceptors (Lipinski definition) is 5. The number of anilines is 1. The van der Waals surface area contributed by atoms with Crippen LogP contribution in [0.25, 0.3) is 11.3 Å². The van der Waals surface area contributed by atoms with Gasteiger partial charge < -0.3 is 0 Å². The van der Waals surface area contributed by atoms with Gasteiger partial charge in [0.05, 0.1) is 28.1 Å². The highest BCUT2D eigenvalue weighted by atomic mass is 35.5. The molecule has 0 saturated carbocycles. The minimum atomic E-state index is -5.14. The fourth-order valence-corrected chi connectivity index (χ4v) is 2.77. The molecule has 0 aliphatic carbocycles. The van der Waals surface area contributed by atoms with E-state index < -0.39 is 39.5 Å². The van der Waals surface area contributed by atoms with E-state index in [1.165, 1.54) is 0 Å². The molecule has 12 heteroatoms. The van der Waals surface area contributed by atoms with Crippen LogP contribution in [0.2, 0.25) is 5.02 Å². The van der Waals surface area contributed by atoms with Crippen molar-refractivity contribution in [1.82, 2.24) is 9.97 Å². The van der Waals surface area contributed by atoms with Crippen LogP contribution in [0.4, 0.5) is 27.9 Å². The summed E-state index contributed by atoms with van der Waals surface area (Å²) < 4.78 is 65.9. The molecule has 0 saturated heterocycles. The molecule has 31 heavy (non-hydrogen) atoms. The average Bonchev–Trinajstić information content (AvgIpc) is 2.72. The first-order valence-electron chi connectivity index (χ1n) is 8.27. The standard InChI is InChI=1S/C19H9ClF5N5O/c20-13-6-12(19(23,24)25)15(22)14(21)11(13)8-27-30-18-28-16(9-4-2-1-3-5-9)10(7-26)17(31)29-18/h1-6,8H,(H2,28,29,30,31). The molecule has 158 valence electrons. The van der Waals surface area contributed by atoms with E-state index in [9.17, 15) is 32.0 Å². The summed E-state index contributed by atoms with van der Waals surface area (Å²) in [6, 6.07) is 10.2. The Hall–Kier alpha value is -3.78. The number of nitriles is 1. The summed E-state index contributed by atoms with van der Waals surface area (Å²) >= 11 is 5.63. The van der Waals surface area contributed by atoms with E-state index in [1.807, 2.05) is 0 Å². The Balaban J connectivity index is 1.96. The summed E-state index contributed by atoms with van der Waals surface area (Å²) in [5.74, 6) is -4.24. The summed E-state index contributed by atoms with van der Waals surface area (Å²) in [5, 5.41) is 12.0. The summed E-state index contributed by atoms with van der Waals surface area (Å²) in [6.07, 6.45) is -4.51. The minimum Gasteiger partial charge on any atom is -0.290 e. The van der Waals surface area contributed by atoms with E-state index in [4.69, 9.17) is 11.6 Å². The Kier molecular flexibility index (Phi) is 6.03. The van der Waals surface area contributed by atoms with E-state index in [-0.39, 0.29) is 23.3 Å². The molecule has 0 unspecified atom stereocenters. The van der Waals surface area contributed by atoms with Crippen LogP contribution in [0.15, 0.2) is 46.3 Å². The van der Waals surface area contributed by atoms with Gasteiger partial charge in [-0.3, -0.25) is 9.78 Å². The highest BCUT2D eigenvalue weighted by Gasteiger charge is 2.37. The van der Waals surface area contributed by atoms with Crippen molar-refractivity contribution in [2.24, 2.45) is 5.10 Å². The van der Waals surface area contributed by atoms with Crippen LogP contribution < -0.4 is 11.0 Å². The van der Waals surface area contributed by atoms with Crippen LogP contribution in [0, 0.1) is 23.0 Å². The largest absolute Gasteiger partial charge is 0.419 e. The number of aromatic nitrogens is 2. The molecular weight excluding hydrogens is 445 g/mol. The van der Waals surface area contributed by atoms with Gasteiger partial charge in [0.15, 0.2) is 11.6 Å². The molecule has 3 rings (SSSR count). The maximum absolute atomic E-state index is 14.0. The van der Waals surface area contributed by atoms with Crippen molar-refractivity contribution in [3.8, 4) is 17.3 Å². The first-order valence-corrected chi connectivity index (χ1v) is 8.65. The Morgan fingerprint density at radius 2 is 1.87 bits per heavy atom. The maximum Gasteiger partial charge on any atom is 0.419 e. The number of hydrazone groups is 1. The van der Waals surface area contributed by atoms with Crippen molar-refractivity contribution >= 4 is 23.8 Å². The summed E-state index contributed by atoms with van der Waals surface area (Å²) in [5.41, 5.74) is -0.935. The lowest BCUT2D eigenvalue weighted by Gasteiger charge is -2.11. The molecule has 0 aliphatic heterocycles. The van der Waals surface area contributed by atoms with Crippen LogP contribution in [0.3, 0.4) is 0 Å². The van der Waals surface area contributed by atoms with Crippen molar-refractivity contribution in [2.45, 2.75) is 6.18 Å². The van der Waals surface area contributed by atoms with Gasteiger partial charge in [-0.05, 0) is 6.07 Å². The highest BCUT2D eigenvalue weighted by molar-refractivity contribution is 6.33. The van der Waals surface area contributed by atoms with Gasteiger partial charge in [-0.2, -0.15) is 23.5 Å². The second kappa shape index (κ2) is 8.53. The quantitative estimate of drug-likeness (QED) is 0.259. The van der Waals surface area contributed by atoms with Crippen LogP contribution >= 0.6 is 11.6 Å². The van der Waals surface area contributed by atoms with Gasteiger partial charge in [0, 0.05) is 5.56 Å². The number of aromatic amines is 1. The van der Waals surface area contributed by atoms with Gasteiger partial charge in [0.2, 0.25) is 5.95 Å². The molecule has 1 aromatic heterocycles. The molecule has 0 radical (unpaired) electrons. The van der Waals surface area contributed by atoms with E-state index in [1.54, 1.807) is 36.4 Å². The Morgan fingerprint density at radius 3 is 2.48 bits per heavy atom. The lowest BCUT2D eigenvalue weighted by molar-refractivity contribution is -0.140. The molecule has 0 fully saturated rings. The van der Waals surface area contributed by atoms with Crippen molar-refractivity contribution in [3.05, 3.63) is 80.1 Å². The fourth-order valence-electron chi connectivity index (χ4n) is 2.53. The molecule has 1 heterocycles. The Labute approximate surface area is 175 Å². The maximum atomic E-state index is 14.0. The van der Waals surface area contributed by atoms with Crippen LogP contribution in [-0.2, 0) is 6.18 Å². The first kappa shape index (κ1) is 21.9. The summed E-state index contributed by atoms with van der Waals surface area (Å²) in [4.78, 5) is 18.4.